The molecule has 0 aromatic carbocycles. The maximum atomic E-state index is 4.52. The van der Waals surface area contributed by atoms with Crippen molar-refractivity contribution in [2.75, 3.05) is 18.4 Å². The average Bonchev–Trinajstić information content (AvgIpc) is 2.47. The second kappa shape index (κ2) is 6.13. The minimum atomic E-state index is 0.266. The first-order valence-electron chi connectivity index (χ1n) is 7.85. The fourth-order valence-electron chi connectivity index (χ4n) is 3.04. The molecule has 1 aliphatic heterocycles. The van der Waals surface area contributed by atoms with Crippen molar-refractivity contribution < 1.29 is 0 Å². The molecule has 1 saturated heterocycles. The van der Waals surface area contributed by atoms with E-state index in [1.54, 1.807) is 0 Å². The van der Waals surface area contributed by atoms with Gasteiger partial charge in [-0.15, -0.1) is 0 Å². The number of hydrogen-bond acceptors (Lipinski definition) is 4. The Kier molecular flexibility index (Phi) is 4.37. The molecule has 3 rings (SSSR count). The van der Waals surface area contributed by atoms with E-state index in [2.05, 4.69) is 56.9 Å². The number of fused-ring (bicyclic) bond motifs is 1. The second-order valence-corrected chi connectivity index (χ2v) is 7.87. The molecule has 0 saturated carbocycles. The lowest BCUT2D eigenvalue weighted by molar-refractivity contribution is 0.106. The summed E-state index contributed by atoms with van der Waals surface area (Å²) in [6.07, 6.45) is 6.01. The molecule has 3 heterocycles. The molecular weight excluding hydrogens is 340 g/mol. The Morgan fingerprint density at radius 2 is 1.95 bits per heavy atom. The number of nitrogens with one attached hydrogen (secondary N) is 1. The summed E-state index contributed by atoms with van der Waals surface area (Å²) in [6, 6.07) is 4.55. The highest BCUT2D eigenvalue weighted by atomic mass is 79.9. The van der Waals surface area contributed by atoms with E-state index in [-0.39, 0.29) is 5.54 Å². The predicted octanol–water partition coefficient (Wildman–Crippen LogP) is 4.07. The Morgan fingerprint density at radius 3 is 2.64 bits per heavy atom. The van der Waals surface area contributed by atoms with Crippen LogP contribution in [0.15, 0.2) is 29.0 Å². The van der Waals surface area contributed by atoms with Crippen molar-refractivity contribution in [1.82, 2.24) is 14.9 Å². The molecule has 4 nitrogen and oxygen atoms in total. The van der Waals surface area contributed by atoms with Gasteiger partial charge in [-0.1, -0.05) is 0 Å². The quantitative estimate of drug-likeness (QED) is 0.874. The number of nitrogens with zero attached hydrogens (tertiary/aromatic N) is 3. The van der Waals surface area contributed by atoms with Crippen molar-refractivity contribution in [2.24, 2.45) is 0 Å². The van der Waals surface area contributed by atoms with E-state index in [0.717, 1.165) is 47.1 Å². The van der Waals surface area contributed by atoms with Gasteiger partial charge in [0.1, 0.15) is 5.52 Å². The predicted molar refractivity (Wildman–Crippen MR) is 95.2 cm³/mol. The third-order valence-corrected chi connectivity index (χ3v) is 4.78. The molecule has 0 atom stereocenters. The summed E-state index contributed by atoms with van der Waals surface area (Å²) in [6.45, 7) is 9.16. The number of anilines is 1. The van der Waals surface area contributed by atoms with Gasteiger partial charge in [-0.2, -0.15) is 0 Å². The van der Waals surface area contributed by atoms with Crippen LogP contribution in [0.3, 0.4) is 0 Å². The number of aromatic nitrogens is 2. The second-order valence-electron chi connectivity index (χ2n) is 6.96. The summed E-state index contributed by atoms with van der Waals surface area (Å²) in [4.78, 5) is 11.5. The fourth-order valence-corrected chi connectivity index (χ4v) is 3.36. The molecule has 0 bridgehead atoms. The van der Waals surface area contributed by atoms with Crippen molar-refractivity contribution in [3.63, 3.8) is 0 Å². The summed E-state index contributed by atoms with van der Waals surface area (Å²) < 4.78 is 0.961. The van der Waals surface area contributed by atoms with Crippen molar-refractivity contribution in [2.45, 2.75) is 45.2 Å². The molecule has 2 aromatic heterocycles. The first kappa shape index (κ1) is 15.7. The van der Waals surface area contributed by atoms with E-state index in [4.69, 9.17) is 0 Å². The van der Waals surface area contributed by atoms with E-state index >= 15 is 0 Å². The molecule has 22 heavy (non-hydrogen) atoms. The van der Waals surface area contributed by atoms with Crippen LogP contribution in [-0.4, -0.2) is 39.5 Å². The standard InChI is InChI=1S/C17H23BrN4/c1-17(2,3)22-8-5-13(6-9-22)21-14-4-7-19-15-10-12(18)11-20-16(14)15/h4,7,10-11,13H,5-6,8-9H2,1-3H3,(H,19,21). The number of rotatable bonds is 2. The molecule has 1 aliphatic rings. The van der Waals surface area contributed by atoms with Gasteiger partial charge in [0, 0.05) is 41.5 Å². The lowest BCUT2D eigenvalue weighted by Gasteiger charge is -2.41. The molecular formula is C17H23BrN4. The third kappa shape index (κ3) is 3.41. The topological polar surface area (TPSA) is 41.0 Å². The smallest absolute Gasteiger partial charge is 0.112 e. The Balaban J connectivity index is 1.72. The van der Waals surface area contributed by atoms with Gasteiger partial charge in [-0.05, 0) is 61.7 Å². The summed E-state index contributed by atoms with van der Waals surface area (Å²) in [7, 11) is 0. The normalized spacial score (nSPS) is 17.8. The van der Waals surface area contributed by atoms with Crippen molar-refractivity contribution in [1.29, 1.82) is 0 Å². The van der Waals surface area contributed by atoms with Gasteiger partial charge in [0.05, 0.1) is 11.2 Å². The SMILES string of the molecule is CC(C)(C)N1CCC(Nc2ccnc3cc(Br)cnc23)CC1. The van der Waals surface area contributed by atoms with Gasteiger partial charge in [0.25, 0.3) is 0 Å². The van der Waals surface area contributed by atoms with Crippen LogP contribution in [-0.2, 0) is 0 Å². The molecule has 0 radical (unpaired) electrons. The van der Waals surface area contributed by atoms with Gasteiger partial charge in [-0.3, -0.25) is 14.9 Å². The van der Waals surface area contributed by atoms with E-state index in [1.165, 1.54) is 0 Å². The van der Waals surface area contributed by atoms with Crippen LogP contribution >= 0.6 is 15.9 Å². The van der Waals surface area contributed by atoms with Crippen LogP contribution in [0.2, 0.25) is 0 Å². The van der Waals surface area contributed by atoms with E-state index < -0.39 is 0 Å². The van der Waals surface area contributed by atoms with Crippen molar-refractivity contribution in [3.05, 3.63) is 29.0 Å². The average molecular weight is 363 g/mol. The molecule has 5 heteroatoms. The number of piperidine rings is 1. The minimum Gasteiger partial charge on any atom is -0.380 e. The van der Waals surface area contributed by atoms with E-state index in [1.807, 2.05) is 24.5 Å². The van der Waals surface area contributed by atoms with E-state index in [9.17, 15) is 0 Å². The Bertz CT molecular complexity index is 657. The summed E-state index contributed by atoms with van der Waals surface area (Å²) >= 11 is 3.45. The first-order chi connectivity index (χ1) is 10.4. The van der Waals surface area contributed by atoms with Crippen LogP contribution in [0.1, 0.15) is 33.6 Å². The Morgan fingerprint density at radius 1 is 1.23 bits per heavy atom. The minimum absolute atomic E-state index is 0.266. The van der Waals surface area contributed by atoms with Crippen molar-refractivity contribution >= 4 is 32.7 Å². The van der Waals surface area contributed by atoms with Crippen molar-refractivity contribution in [3.8, 4) is 0 Å². The molecule has 0 amide bonds. The van der Waals surface area contributed by atoms with E-state index in [0.29, 0.717) is 6.04 Å². The monoisotopic (exact) mass is 362 g/mol. The van der Waals surface area contributed by atoms with Gasteiger partial charge in [0.2, 0.25) is 0 Å². The summed E-state index contributed by atoms with van der Waals surface area (Å²) in [5, 5.41) is 3.67. The largest absolute Gasteiger partial charge is 0.380 e. The summed E-state index contributed by atoms with van der Waals surface area (Å²) in [5.41, 5.74) is 3.23. The number of pyridine rings is 2. The molecule has 118 valence electrons. The lowest BCUT2D eigenvalue weighted by atomic mass is 9.98. The third-order valence-electron chi connectivity index (χ3n) is 4.35. The molecule has 0 unspecified atom stereocenters. The fraction of sp³-hybridized carbons (Fsp3) is 0.529. The highest BCUT2D eigenvalue weighted by Crippen LogP contribution is 2.26. The Labute approximate surface area is 140 Å². The van der Waals surface area contributed by atoms with Crippen LogP contribution in [0.25, 0.3) is 11.0 Å². The zero-order chi connectivity index (χ0) is 15.7. The molecule has 1 fully saturated rings. The zero-order valence-electron chi connectivity index (χ0n) is 13.4. The van der Waals surface area contributed by atoms with Crippen LogP contribution in [0.5, 0.6) is 0 Å². The molecule has 0 aliphatic carbocycles. The molecule has 0 spiro atoms. The van der Waals surface area contributed by atoms with Gasteiger partial charge in [-0.25, -0.2) is 0 Å². The van der Waals surface area contributed by atoms with Crippen LogP contribution in [0.4, 0.5) is 5.69 Å². The number of likely N-dealkylation sites (tertiary alicyclic amines) is 1. The number of halogens is 1. The Hall–Kier alpha value is -1.20. The van der Waals surface area contributed by atoms with Gasteiger partial charge in [0.15, 0.2) is 0 Å². The van der Waals surface area contributed by atoms with Gasteiger partial charge >= 0.3 is 0 Å². The van der Waals surface area contributed by atoms with Gasteiger partial charge < -0.3 is 5.32 Å². The summed E-state index contributed by atoms with van der Waals surface area (Å²) in [5.74, 6) is 0. The molecule has 2 aromatic rings. The maximum absolute atomic E-state index is 4.52. The highest BCUT2D eigenvalue weighted by molar-refractivity contribution is 9.10. The maximum Gasteiger partial charge on any atom is 0.112 e. The zero-order valence-corrected chi connectivity index (χ0v) is 15.0. The highest BCUT2D eigenvalue weighted by Gasteiger charge is 2.27. The number of hydrogen-bond donors (Lipinski definition) is 1. The van der Waals surface area contributed by atoms with Crippen LogP contribution < -0.4 is 5.32 Å². The lowest BCUT2D eigenvalue weighted by Crippen LogP contribution is -2.48. The van der Waals surface area contributed by atoms with Crippen LogP contribution in [0, 0.1) is 0 Å². The first-order valence-corrected chi connectivity index (χ1v) is 8.64. The molecule has 1 N–H and O–H groups in total.